The summed E-state index contributed by atoms with van der Waals surface area (Å²) in [4.78, 5) is 39.7. The van der Waals surface area contributed by atoms with Gasteiger partial charge in [0.15, 0.2) is 0 Å². The topological polar surface area (TPSA) is 87.5 Å². The number of hydrogen-bond acceptors (Lipinski definition) is 7. The minimum absolute atomic E-state index is 0.154. The number of piperazine rings is 1. The molecule has 28 heavy (non-hydrogen) atoms. The van der Waals surface area contributed by atoms with Crippen LogP contribution in [0.15, 0.2) is 23.0 Å². The first-order valence-corrected chi connectivity index (χ1v) is 9.70. The van der Waals surface area contributed by atoms with E-state index in [1.807, 2.05) is 13.0 Å². The van der Waals surface area contributed by atoms with Crippen LogP contribution in [0.5, 0.6) is 0 Å². The smallest absolute Gasteiger partial charge is 0.274 e. The number of rotatable bonds is 3. The van der Waals surface area contributed by atoms with Gasteiger partial charge in [-0.2, -0.15) is 10.1 Å². The molecule has 0 bridgehead atoms. The van der Waals surface area contributed by atoms with Crippen LogP contribution in [0.4, 0.5) is 11.8 Å². The van der Waals surface area contributed by atoms with Crippen LogP contribution in [0.25, 0.3) is 0 Å². The molecule has 9 heteroatoms. The van der Waals surface area contributed by atoms with Crippen LogP contribution in [0.2, 0.25) is 0 Å². The zero-order valence-corrected chi connectivity index (χ0v) is 16.3. The van der Waals surface area contributed by atoms with Crippen molar-refractivity contribution in [1.29, 1.82) is 0 Å². The Morgan fingerprint density at radius 2 is 1.68 bits per heavy atom. The van der Waals surface area contributed by atoms with Crippen LogP contribution in [0, 0.1) is 6.92 Å². The van der Waals surface area contributed by atoms with E-state index < -0.39 is 0 Å². The van der Waals surface area contributed by atoms with Gasteiger partial charge < -0.3 is 14.7 Å². The number of aromatic nitrogens is 4. The van der Waals surface area contributed by atoms with Crippen LogP contribution < -0.4 is 15.4 Å². The third kappa shape index (κ3) is 3.69. The summed E-state index contributed by atoms with van der Waals surface area (Å²) >= 11 is 0. The molecule has 0 saturated carbocycles. The van der Waals surface area contributed by atoms with Crippen molar-refractivity contribution in [3.63, 3.8) is 0 Å². The maximum atomic E-state index is 12.7. The van der Waals surface area contributed by atoms with Crippen molar-refractivity contribution in [2.75, 3.05) is 49.1 Å². The molecule has 2 aromatic heterocycles. The molecule has 4 heterocycles. The van der Waals surface area contributed by atoms with Crippen molar-refractivity contribution in [3.05, 3.63) is 39.9 Å². The number of nitrogens with zero attached hydrogens (tertiary/aromatic N) is 7. The van der Waals surface area contributed by atoms with Crippen molar-refractivity contribution in [3.8, 4) is 0 Å². The third-order valence-corrected chi connectivity index (χ3v) is 5.29. The van der Waals surface area contributed by atoms with Gasteiger partial charge in [0.05, 0.1) is 0 Å². The van der Waals surface area contributed by atoms with Gasteiger partial charge in [-0.3, -0.25) is 9.59 Å². The highest BCUT2D eigenvalue weighted by Gasteiger charge is 2.25. The van der Waals surface area contributed by atoms with Crippen LogP contribution in [0.1, 0.15) is 29.0 Å². The molecule has 2 saturated heterocycles. The fourth-order valence-electron chi connectivity index (χ4n) is 3.67. The molecular formula is C19H25N7O2. The predicted molar refractivity (Wildman–Crippen MR) is 106 cm³/mol. The molecule has 2 fully saturated rings. The van der Waals surface area contributed by atoms with Gasteiger partial charge >= 0.3 is 0 Å². The zero-order valence-electron chi connectivity index (χ0n) is 16.3. The Kier molecular flexibility index (Phi) is 4.97. The summed E-state index contributed by atoms with van der Waals surface area (Å²) in [5.74, 6) is 1.57. The molecule has 4 rings (SSSR count). The van der Waals surface area contributed by atoms with E-state index in [2.05, 4.69) is 19.9 Å². The second kappa shape index (κ2) is 7.57. The summed E-state index contributed by atoms with van der Waals surface area (Å²) in [7, 11) is 1.55. The summed E-state index contributed by atoms with van der Waals surface area (Å²) in [6.07, 6.45) is 2.41. The van der Waals surface area contributed by atoms with Gasteiger partial charge in [-0.1, -0.05) is 0 Å². The van der Waals surface area contributed by atoms with E-state index in [9.17, 15) is 9.59 Å². The van der Waals surface area contributed by atoms with E-state index in [-0.39, 0.29) is 11.5 Å². The number of carbonyl (C=O) groups excluding carboxylic acids is 1. The lowest BCUT2D eigenvalue weighted by Gasteiger charge is -2.35. The summed E-state index contributed by atoms with van der Waals surface area (Å²) in [5.41, 5.74) is 1.02. The maximum Gasteiger partial charge on any atom is 0.274 e. The van der Waals surface area contributed by atoms with Crippen molar-refractivity contribution >= 4 is 17.7 Å². The highest BCUT2D eigenvalue weighted by Crippen LogP contribution is 2.22. The minimum atomic E-state index is -0.230. The molecule has 2 aliphatic rings. The summed E-state index contributed by atoms with van der Waals surface area (Å²) in [5, 5.41) is 4.06. The molecule has 0 spiro atoms. The fraction of sp³-hybridized carbons (Fsp3) is 0.526. The highest BCUT2D eigenvalue weighted by atomic mass is 16.2. The Labute approximate surface area is 163 Å². The standard InChI is InChI=1S/C19H25N7O2/c1-14-13-16(24-7-3-4-8-24)21-19(20-14)26-11-9-25(10-12-26)18(28)15-5-6-17(27)23(2)22-15/h5-6,13H,3-4,7-12H2,1-2H3. The molecule has 1 amide bonds. The lowest BCUT2D eigenvalue weighted by atomic mass is 10.2. The third-order valence-electron chi connectivity index (χ3n) is 5.29. The van der Waals surface area contributed by atoms with Gasteiger partial charge in [0, 0.05) is 64.1 Å². The maximum absolute atomic E-state index is 12.7. The first-order valence-electron chi connectivity index (χ1n) is 9.70. The fourth-order valence-corrected chi connectivity index (χ4v) is 3.67. The molecule has 0 atom stereocenters. The van der Waals surface area contributed by atoms with Gasteiger partial charge in [-0.15, -0.1) is 0 Å². The molecule has 9 nitrogen and oxygen atoms in total. The van der Waals surface area contributed by atoms with Crippen LogP contribution in [-0.4, -0.2) is 69.8 Å². The lowest BCUT2D eigenvalue weighted by Crippen LogP contribution is -2.49. The Morgan fingerprint density at radius 3 is 2.36 bits per heavy atom. The lowest BCUT2D eigenvalue weighted by molar-refractivity contribution is 0.0737. The van der Waals surface area contributed by atoms with Crippen LogP contribution in [-0.2, 0) is 7.05 Å². The van der Waals surface area contributed by atoms with Gasteiger partial charge in [-0.25, -0.2) is 9.67 Å². The quantitative estimate of drug-likeness (QED) is 0.760. The second-order valence-corrected chi connectivity index (χ2v) is 7.32. The normalized spacial score (nSPS) is 17.3. The molecular weight excluding hydrogens is 358 g/mol. The molecule has 0 unspecified atom stereocenters. The van der Waals surface area contributed by atoms with E-state index in [1.54, 1.807) is 11.9 Å². The van der Waals surface area contributed by atoms with E-state index in [1.165, 1.54) is 29.7 Å². The number of hydrogen-bond donors (Lipinski definition) is 0. The molecule has 2 aliphatic heterocycles. The van der Waals surface area contributed by atoms with E-state index in [0.717, 1.165) is 30.5 Å². The van der Waals surface area contributed by atoms with Crippen LogP contribution >= 0.6 is 0 Å². The number of anilines is 2. The Morgan fingerprint density at radius 1 is 0.964 bits per heavy atom. The summed E-state index contributed by atoms with van der Waals surface area (Å²) < 4.78 is 1.18. The highest BCUT2D eigenvalue weighted by molar-refractivity contribution is 5.92. The zero-order chi connectivity index (χ0) is 19.7. The number of carbonyl (C=O) groups is 1. The van der Waals surface area contributed by atoms with E-state index in [4.69, 9.17) is 4.98 Å². The average Bonchev–Trinajstić information content (AvgIpc) is 3.24. The van der Waals surface area contributed by atoms with E-state index >= 15 is 0 Å². The Balaban J connectivity index is 1.44. The SMILES string of the molecule is Cc1cc(N2CCCC2)nc(N2CCN(C(=O)c3ccc(=O)n(C)n3)CC2)n1. The van der Waals surface area contributed by atoms with Gasteiger partial charge in [0.25, 0.3) is 11.5 Å². The van der Waals surface area contributed by atoms with Gasteiger partial charge in [0.1, 0.15) is 11.5 Å². The van der Waals surface area contributed by atoms with Crippen molar-refractivity contribution in [1.82, 2.24) is 24.6 Å². The first kappa shape index (κ1) is 18.4. The van der Waals surface area contributed by atoms with Gasteiger partial charge in [-0.05, 0) is 25.8 Å². The molecule has 2 aromatic rings. The Hall–Kier alpha value is -2.97. The largest absolute Gasteiger partial charge is 0.356 e. The molecule has 0 aromatic carbocycles. The molecule has 0 radical (unpaired) electrons. The summed E-state index contributed by atoms with van der Waals surface area (Å²) in [6, 6.07) is 4.90. The minimum Gasteiger partial charge on any atom is -0.356 e. The molecule has 0 aliphatic carbocycles. The summed E-state index contributed by atoms with van der Waals surface area (Å²) in [6.45, 7) is 6.56. The van der Waals surface area contributed by atoms with E-state index in [0.29, 0.717) is 31.9 Å². The Bertz CT molecular complexity index is 928. The molecule has 0 N–H and O–H groups in total. The van der Waals surface area contributed by atoms with Crippen molar-refractivity contribution in [2.24, 2.45) is 7.05 Å². The first-order chi connectivity index (χ1) is 13.5. The second-order valence-electron chi connectivity index (χ2n) is 7.32. The average molecular weight is 383 g/mol. The predicted octanol–water partition coefficient (Wildman–Crippen LogP) is 0.441. The van der Waals surface area contributed by atoms with Gasteiger partial charge in [0.2, 0.25) is 5.95 Å². The molecule has 148 valence electrons. The monoisotopic (exact) mass is 383 g/mol. The number of aryl methyl sites for hydroxylation is 2. The number of amides is 1. The van der Waals surface area contributed by atoms with Crippen molar-refractivity contribution < 1.29 is 4.79 Å². The van der Waals surface area contributed by atoms with Crippen molar-refractivity contribution in [2.45, 2.75) is 19.8 Å². The van der Waals surface area contributed by atoms with Crippen LogP contribution in [0.3, 0.4) is 0 Å².